The number of thiophene rings is 1. The van der Waals surface area contributed by atoms with Gasteiger partial charge < -0.3 is 5.73 Å². The largest absolute Gasteiger partial charge is 0.327 e. The highest BCUT2D eigenvalue weighted by Gasteiger charge is 2.28. The molecule has 0 spiro atoms. The van der Waals surface area contributed by atoms with E-state index in [1.54, 1.807) is 0 Å². The van der Waals surface area contributed by atoms with Gasteiger partial charge in [-0.05, 0) is 36.1 Å². The van der Waals surface area contributed by atoms with E-state index in [9.17, 15) is 0 Å². The minimum atomic E-state index is 0.379. The van der Waals surface area contributed by atoms with Gasteiger partial charge in [0.1, 0.15) is 0 Å². The van der Waals surface area contributed by atoms with Crippen LogP contribution in [0.1, 0.15) is 43.9 Å². The molecule has 1 nitrogen and oxygen atoms in total. The molecule has 0 amide bonds. The van der Waals surface area contributed by atoms with Gasteiger partial charge in [0.05, 0.1) is 0 Å². The third kappa shape index (κ3) is 2.86. The van der Waals surface area contributed by atoms with Crippen LogP contribution in [-0.4, -0.2) is 6.04 Å². The van der Waals surface area contributed by atoms with Crippen molar-refractivity contribution in [1.29, 1.82) is 0 Å². The van der Waals surface area contributed by atoms with Gasteiger partial charge in [-0.25, -0.2) is 0 Å². The summed E-state index contributed by atoms with van der Waals surface area (Å²) in [7, 11) is 0. The molecule has 0 aliphatic heterocycles. The molecule has 1 aromatic rings. The molecule has 1 aromatic heterocycles. The maximum absolute atomic E-state index is 6.41. The summed E-state index contributed by atoms with van der Waals surface area (Å²) in [4.78, 5) is 1.45. The second kappa shape index (κ2) is 5.83. The average Bonchev–Trinajstić information content (AvgIpc) is 2.81. The summed E-state index contributed by atoms with van der Waals surface area (Å²) >= 11 is 1.84. The Morgan fingerprint density at radius 3 is 2.94 bits per heavy atom. The van der Waals surface area contributed by atoms with Gasteiger partial charge in [0.25, 0.3) is 0 Å². The normalized spacial score (nSPS) is 27.9. The molecule has 0 radical (unpaired) electrons. The van der Waals surface area contributed by atoms with Gasteiger partial charge in [-0.15, -0.1) is 11.3 Å². The van der Waals surface area contributed by atoms with Crippen molar-refractivity contribution in [3.63, 3.8) is 0 Å². The van der Waals surface area contributed by atoms with Crippen LogP contribution in [0.2, 0.25) is 0 Å². The maximum Gasteiger partial charge on any atom is 0.0118 e. The SMILES string of the molecule is CCC1CCCCC1C(N)Cc1cccs1. The number of nitrogens with two attached hydrogens (primary N) is 1. The lowest BCUT2D eigenvalue weighted by Gasteiger charge is -2.35. The molecule has 1 saturated carbocycles. The Morgan fingerprint density at radius 2 is 2.25 bits per heavy atom. The number of hydrogen-bond acceptors (Lipinski definition) is 2. The molecule has 1 fully saturated rings. The molecule has 0 bridgehead atoms. The first-order valence-corrected chi connectivity index (χ1v) is 7.47. The standard InChI is InChI=1S/C14H23NS/c1-2-11-6-3-4-8-13(11)14(15)10-12-7-5-9-16-12/h5,7,9,11,13-14H,2-4,6,8,10,15H2,1H3. The molecule has 1 heterocycles. The predicted octanol–water partition coefficient (Wildman–Crippen LogP) is 3.83. The van der Waals surface area contributed by atoms with Gasteiger partial charge in [-0.2, -0.15) is 0 Å². The van der Waals surface area contributed by atoms with Crippen molar-refractivity contribution in [1.82, 2.24) is 0 Å². The third-order valence-electron chi connectivity index (χ3n) is 4.06. The van der Waals surface area contributed by atoms with Gasteiger partial charge >= 0.3 is 0 Å². The fraction of sp³-hybridized carbons (Fsp3) is 0.714. The summed E-state index contributed by atoms with van der Waals surface area (Å²) in [6, 6.07) is 4.73. The Hall–Kier alpha value is -0.340. The van der Waals surface area contributed by atoms with E-state index in [1.807, 2.05) is 11.3 Å². The Balaban J connectivity index is 1.94. The lowest BCUT2D eigenvalue weighted by molar-refractivity contribution is 0.195. The highest BCUT2D eigenvalue weighted by molar-refractivity contribution is 7.09. The van der Waals surface area contributed by atoms with Crippen LogP contribution in [0.3, 0.4) is 0 Å². The van der Waals surface area contributed by atoms with Gasteiger partial charge in [0.2, 0.25) is 0 Å². The smallest absolute Gasteiger partial charge is 0.0118 e. The van der Waals surface area contributed by atoms with Crippen LogP contribution in [-0.2, 0) is 6.42 Å². The molecule has 3 unspecified atom stereocenters. The Labute approximate surface area is 103 Å². The van der Waals surface area contributed by atoms with Crippen molar-refractivity contribution in [2.45, 2.75) is 51.5 Å². The van der Waals surface area contributed by atoms with E-state index in [0.29, 0.717) is 6.04 Å². The lowest BCUT2D eigenvalue weighted by Crippen LogP contribution is -2.38. The zero-order valence-corrected chi connectivity index (χ0v) is 11.0. The van der Waals surface area contributed by atoms with Crippen molar-refractivity contribution in [2.75, 3.05) is 0 Å². The Kier molecular flexibility index (Phi) is 4.42. The van der Waals surface area contributed by atoms with E-state index >= 15 is 0 Å². The maximum atomic E-state index is 6.41. The molecule has 2 rings (SSSR count). The fourth-order valence-corrected chi connectivity index (χ4v) is 3.90. The summed E-state index contributed by atoms with van der Waals surface area (Å²) < 4.78 is 0. The predicted molar refractivity (Wildman–Crippen MR) is 71.7 cm³/mol. The van der Waals surface area contributed by atoms with Crippen LogP contribution in [0, 0.1) is 11.8 Å². The summed E-state index contributed by atoms with van der Waals surface area (Å²) in [5.74, 6) is 1.64. The van der Waals surface area contributed by atoms with E-state index in [1.165, 1.54) is 37.0 Å². The zero-order valence-electron chi connectivity index (χ0n) is 10.2. The molecule has 3 atom stereocenters. The Bertz CT molecular complexity index is 294. The Morgan fingerprint density at radius 1 is 1.44 bits per heavy atom. The van der Waals surface area contributed by atoms with E-state index in [4.69, 9.17) is 5.73 Å². The molecule has 2 N–H and O–H groups in total. The summed E-state index contributed by atoms with van der Waals surface area (Å²) in [6.07, 6.45) is 7.95. The van der Waals surface area contributed by atoms with Crippen molar-refractivity contribution in [3.8, 4) is 0 Å². The molecule has 0 aromatic carbocycles. The third-order valence-corrected chi connectivity index (χ3v) is 4.96. The lowest BCUT2D eigenvalue weighted by atomic mass is 9.73. The second-order valence-corrected chi connectivity index (χ2v) is 6.10. The first kappa shape index (κ1) is 12.1. The highest BCUT2D eigenvalue weighted by Crippen LogP contribution is 2.34. The molecular weight excluding hydrogens is 214 g/mol. The molecule has 16 heavy (non-hydrogen) atoms. The average molecular weight is 237 g/mol. The van der Waals surface area contributed by atoms with Crippen LogP contribution in [0.25, 0.3) is 0 Å². The summed E-state index contributed by atoms with van der Waals surface area (Å²) in [5, 5.41) is 2.15. The minimum Gasteiger partial charge on any atom is -0.327 e. The van der Waals surface area contributed by atoms with Crippen LogP contribution in [0.5, 0.6) is 0 Å². The fourth-order valence-electron chi connectivity index (χ4n) is 3.12. The minimum absolute atomic E-state index is 0.379. The summed E-state index contributed by atoms with van der Waals surface area (Å²) in [6.45, 7) is 2.32. The van der Waals surface area contributed by atoms with Crippen LogP contribution >= 0.6 is 11.3 Å². The second-order valence-electron chi connectivity index (χ2n) is 5.06. The molecule has 0 saturated heterocycles. The van der Waals surface area contributed by atoms with Gasteiger partial charge in [0, 0.05) is 10.9 Å². The van der Waals surface area contributed by atoms with Crippen molar-refractivity contribution in [2.24, 2.45) is 17.6 Å². The van der Waals surface area contributed by atoms with E-state index in [-0.39, 0.29) is 0 Å². The van der Waals surface area contributed by atoms with Crippen molar-refractivity contribution < 1.29 is 0 Å². The van der Waals surface area contributed by atoms with Gasteiger partial charge in [-0.1, -0.05) is 38.7 Å². The van der Waals surface area contributed by atoms with E-state index < -0.39 is 0 Å². The van der Waals surface area contributed by atoms with E-state index in [2.05, 4.69) is 24.4 Å². The van der Waals surface area contributed by atoms with Gasteiger partial charge in [0.15, 0.2) is 0 Å². The zero-order chi connectivity index (χ0) is 11.4. The molecule has 2 heteroatoms. The first-order chi connectivity index (χ1) is 7.81. The van der Waals surface area contributed by atoms with E-state index in [0.717, 1.165) is 18.3 Å². The van der Waals surface area contributed by atoms with Crippen molar-refractivity contribution in [3.05, 3.63) is 22.4 Å². The highest BCUT2D eigenvalue weighted by atomic mass is 32.1. The first-order valence-electron chi connectivity index (χ1n) is 6.59. The quantitative estimate of drug-likeness (QED) is 0.846. The molecule has 90 valence electrons. The topological polar surface area (TPSA) is 26.0 Å². The monoisotopic (exact) mass is 237 g/mol. The molecule has 1 aliphatic carbocycles. The molecule has 1 aliphatic rings. The van der Waals surface area contributed by atoms with Crippen LogP contribution in [0.4, 0.5) is 0 Å². The van der Waals surface area contributed by atoms with Crippen molar-refractivity contribution >= 4 is 11.3 Å². The van der Waals surface area contributed by atoms with Crippen LogP contribution < -0.4 is 5.73 Å². The van der Waals surface area contributed by atoms with Gasteiger partial charge in [-0.3, -0.25) is 0 Å². The molecular formula is C14H23NS. The van der Waals surface area contributed by atoms with Crippen LogP contribution in [0.15, 0.2) is 17.5 Å². The number of hydrogen-bond donors (Lipinski definition) is 1. The summed E-state index contributed by atoms with van der Waals surface area (Å²) in [5.41, 5.74) is 6.41. The number of rotatable bonds is 4.